The predicted octanol–water partition coefficient (Wildman–Crippen LogP) is 3.65. The molecule has 3 aromatic rings. The van der Waals surface area contributed by atoms with Crippen molar-refractivity contribution in [2.45, 2.75) is 32.4 Å². The fraction of sp³-hybridized carbons (Fsp3) is 0.333. The van der Waals surface area contributed by atoms with E-state index in [1.54, 1.807) is 66.5 Å². The monoisotopic (exact) mass is 545 g/mol. The minimum Gasteiger partial charge on any atom is -0.488 e. The number of carbonyl (C=O) groups excluding carboxylic acids is 3. The lowest BCUT2D eigenvalue weighted by molar-refractivity contribution is -0.134. The first kappa shape index (κ1) is 28.6. The van der Waals surface area contributed by atoms with Gasteiger partial charge in [-0.2, -0.15) is 0 Å². The Labute approximate surface area is 234 Å². The van der Waals surface area contributed by atoms with Crippen LogP contribution in [0, 0.1) is 5.92 Å². The molecule has 0 radical (unpaired) electrons. The summed E-state index contributed by atoms with van der Waals surface area (Å²) in [6.45, 7) is 4.18. The molecule has 3 atom stereocenters. The molecule has 2 heterocycles. The average molecular weight is 546 g/mol. The predicted molar refractivity (Wildman–Crippen MR) is 152 cm³/mol. The highest BCUT2D eigenvalue weighted by Crippen LogP contribution is 2.29. The van der Waals surface area contributed by atoms with Gasteiger partial charge in [0.05, 0.1) is 25.6 Å². The fourth-order valence-electron chi connectivity index (χ4n) is 4.52. The van der Waals surface area contributed by atoms with Crippen molar-refractivity contribution in [2.75, 3.05) is 37.4 Å². The molecule has 3 N–H and O–H groups in total. The first-order chi connectivity index (χ1) is 19.2. The summed E-state index contributed by atoms with van der Waals surface area (Å²) < 4.78 is 6.47. The molecule has 4 rings (SSSR count). The number of carbonyl (C=O) groups is 3. The van der Waals surface area contributed by atoms with E-state index in [1.165, 1.54) is 0 Å². The summed E-state index contributed by atoms with van der Waals surface area (Å²) in [5, 5.41) is 15.6. The molecular weight excluding hydrogens is 510 g/mol. The lowest BCUT2D eigenvalue weighted by Gasteiger charge is -2.34. The van der Waals surface area contributed by atoms with E-state index in [9.17, 15) is 19.5 Å². The highest BCUT2D eigenvalue weighted by atomic mass is 16.5. The molecule has 10 nitrogen and oxygen atoms in total. The van der Waals surface area contributed by atoms with Gasteiger partial charge in [-0.05, 0) is 49.4 Å². The molecule has 40 heavy (non-hydrogen) atoms. The molecule has 1 aliphatic rings. The molecule has 0 unspecified atom stereocenters. The molecule has 1 aromatic heterocycles. The number of hydrogen-bond acceptors (Lipinski definition) is 6. The summed E-state index contributed by atoms with van der Waals surface area (Å²) in [6, 6.07) is 16.9. The Hall–Kier alpha value is -4.44. The van der Waals surface area contributed by atoms with Crippen LogP contribution in [-0.2, 0) is 11.2 Å². The average Bonchev–Trinajstić information content (AvgIpc) is 3.01. The number of benzene rings is 2. The third-order valence-electron chi connectivity index (χ3n) is 6.94. The summed E-state index contributed by atoms with van der Waals surface area (Å²) in [5.41, 5.74) is 2.26. The van der Waals surface area contributed by atoms with Gasteiger partial charge in [0.25, 0.3) is 5.91 Å². The van der Waals surface area contributed by atoms with Crippen molar-refractivity contribution < 1.29 is 24.2 Å². The minimum atomic E-state index is -0.457. The second-order valence-corrected chi connectivity index (χ2v) is 10.1. The van der Waals surface area contributed by atoms with Crippen molar-refractivity contribution in [1.29, 1.82) is 0 Å². The first-order valence-electron chi connectivity index (χ1n) is 13.2. The number of para-hydroxylation sites is 1. The number of likely N-dealkylation sites (N-methyl/N-ethyl adjacent to an activating group) is 1. The Balaban J connectivity index is 1.59. The van der Waals surface area contributed by atoms with Gasteiger partial charge in [0.15, 0.2) is 0 Å². The maximum absolute atomic E-state index is 13.4. The summed E-state index contributed by atoms with van der Waals surface area (Å²) in [4.78, 5) is 46.2. The fourth-order valence-corrected chi connectivity index (χ4v) is 4.52. The molecule has 1 aliphatic heterocycles. The number of fused-ring (bicyclic) bond motifs is 1. The zero-order valence-corrected chi connectivity index (χ0v) is 22.9. The molecule has 0 aliphatic carbocycles. The second kappa shape index (κ2) is 13.1. The minimum absolute atomic E-state index is 0.0302. The second-order valence-electron chi connectivity index (χ2n) is 10.1. The zero-order valence-electron chi connectivity index (χ0n) is 22.9. The molecule has 10 heteroatoms. The van der Waals surface area contributed by atoms with Crippen molar-refractivity contribution in [1.82, 2.24) is 14.8 Å². The Morgan fingerprint density at radius 3 is 2.52 bits per heavy atom. The number of pyridine rings is 1. The third kappa shape index (κ3) is 7.15. The summed E-state index contributed by atoms with van der Waals surface area (Å²) in [6.07, 6.45) is 2.66. The quantitative estimate of drug-likeness (QED) is 0.416. The number of aliphatic hydroxyl groups is 1. The van der Waals surface area contributed by atoms with E-state index >= 15 is 0 Å². The van der Waals surface area contributed by atoms with E-state index in [0.717, 1.165) is 0 Å². The van der Waals surface area contributed by atoms with E-state index in [0.29, 0.717) is 34.8 Å². The van der Waals surface area contributed by atoms with Crippen molar-refractivity contribution in [3.8, 4) is 5.75 Å². The van der Waals surface area contributed by atoms with Crippen LogP contribution in [0.25, 0.3) is 0 Å². The van der Waals surface area contributed by atoms with E-state index in [4.69, 9.17) is 4.74 Å². The topological polar surface area (TPSA) is 124 Å². The molecule has 0 fully saturated rings. The summed E-state index contributed by atoms with van der Waals surface area (Å²) in [5.74, 6) is -0.123. The van der Waals surface area contributed by atoms with Crippen LogP contribution in [0.15, 0.2) is 73.1 Å². The Bertz CT molecular complexity index is 1320. The Kier molecular flexibility index (Phi) is 9.34. The molecule has 0 bridgehead atoms. The standard InChI is InChI=1S/C30H35N5O5/c1-20-17-35(21(2)19-36)28(37)16-23-15-25(32-29(38)22-11-13-31-14-12-22)9-10-26(23)40-27(20)18-34(3)30(39)33-24-7-5-4-6-8-24/h4-15,20-21,27,36H,16-19H2,1-3H3,(H,32,38)(H,33,39)/t20-,21+,27-/m1/s1. The zero-order chi connectivity index (χ0) is 28.6. The number of aliphatic hydroxyl groups excluding tert-OH is 1. The van der Waals surface area contributed by atoms with E-state index < -0.39 is 12.1 Å². The number of hydrogen-bond donors (Lipinski definition) is 3. The summed E-state index contributed by atoms with van der Waals surface area (Å²) in [7, 11) is 1.69. The van der Waals surface area contributed by atoms with Gasteiger partial charge in [-0.3, -0.25) is 14.6 Å². The van der Waals surface area contributed by atoms with Crippen LogP contribution >= 0.6 is 0 Å². The van der Waals surface area contributed by atoms with E-state index in [1.807, 2.05) is 37.3 Å². The summed E-state index contributed by atoms with van der Waals surface area (Å²) >= 11 is 0. The van der Waals surface area contributed by atoms with E-state index in [-0.39, 0.29) is 43.3 Å². The van der Waals surface area contributed by atoms with Gasteiger partial charge in [-0.1, -0.05) is 25.1 Å². The molecule has 0 spiro atoms. The van der Waals surface area contributed by atoms with Crippen LogP contribution in [0.3, 0.4) is 0 Å². The van der Waals surface area contributed by atoms with Gasteiger partial charge in [0, 0.05) is 54.4 Å². The number of anilines is 2. The highest BCUT2D eigenvalue weighted by Gasteiger charge is 2.32. The SMILES string of the molecule is C[C@@H]1CN([C@@H](C)CO)C(=O)Cc2cc(NC(=O)c3ccncc3)ccc2O[C@@H]1CN(C)C(=O)Nc1ccccc1. The maximum Gasteiger partial charge on any atom is 0.321 e. The molecule has 4 amide bonds. The largest absolute Gasteiger partial charge is 0.488 e. The highest BCUT2D eigenvalue weighted by molar-refractivity contribution is 6.04. The number of urea groups is 1. The first-order valence-corrected chi connectivity index (χ1v) is 13.2. The maximum atomic E-state index is 13.4. The van der Waals surface area contributed by atoms with Gasteiger partial charge in [0.2, 0.25) is 5.91 Å². The molecule has 210 valence electrons. The number of aromatic nitrogens is 1. The molecule has 0 saturated heterocycles. The van der Waals surface area contributed by atoms with Gasteiger partial charge in [0.1, 0.15) is 11.9 Å². The van der Waals surface area contributed by atoms with E-state index in [2.05, 4.69) is 15.6 Å². The third-order valence-corrected chi connectivity index (χ3v) is 6.94. The van der Waals surface area contributed by atoms with Crippen LogP contribution < -0.4 is 15.4 Å². The van der Waals surface area contributed by atoms with Crippen LogP contribution in [0.2, 0.25) is 0 Å². The normalized spacial score (nSPS) is 17.8. The van der Waals surface area contributed by atoms with Crippen molar-refractivity contribution >= 4 is 29.2 Å². The number of nitrogens with zero attached hydrogens (tertiary/aromatic N) is 3. The van der Waals surface area contributed by atoms with Crippen LogP contribution in [-0.4, -0.2) is 76.6 Å². The smallest absolute Gasteiger partial charge is 0.321 e. The number of amides is 4. The lowest BCUT2D eigenvalue weighted by Crippen LogP contribution is -2.48. The van der Waals surface area contributed by atoms with Gasteiger partial charge in [-0.15, -0.1) is 0 Å². The van der Waals surface area contributed by atoms with Crippen LogP contribution in [0.5, 0.6) is 5.75 Å². The van der Waals surface area contributed by atoms with Gasteiger partial charge < -0.3 is 30.3 Å². The Morgan fingerprint density at radius 1 is 1.10 bits per heavy atom. The van der Waals surface area contributed by atoms with Gasteiger partial charge in [-0.25, -0.2) is 4.79 Å². The Morgan fingerprint density at radius 2 is 1.82 bits per heavy atom. The lowest BCUT2D eigenvalue weighted by atomic mass is 10.0. The van der Waals surface area contributed by atoms with Crippen molar-refractivity contribution in [2.24, 2.45) is 5.92 Å². The molecule has 2 aromatic carbocycles. The number of rotatable bonds is 7. The van der Waals surface area contributed by atoms with Crippen molar-refractivity contribution in [3.63, 3.8) is 0 Å². The van der Waals surface area contributed by atoms with Crippen LogP contribution in [0.4, 0.5) is 16.2 Å². The van der Waals surface area contributed by atoms with Crippen molar-refractivity contribution in [3.05, 3.63) is 84.2 Å². The molecular formula is C30H35N5O5. The number of ether oxygens (including phenoxy) is 1. The number of nitrogens with one attached hydrogen (secondary N) is 2. The molecule has 0 saturated carbocycles. The van der Waals surface area contributed by atoms with Crippen LogP contribution in [0.1, 0.15) is 29.8 Å². The van der Waals surface area contributed by atoms with Gasteiger partial charge >= 0.3 is 6.03 Å².